The molecule has 0 aromatic heterocycles. The first-order chi connectivity index (χ1) is 63.6. The lowest BCUT2D eigenvalue weighted by atomic mass is 9.86. The Morgan fingerprint density at radius 1 is 0.669 bits per heavy atom. The van der Waals surface area contributed by atoms with E-state index in [1.807, 2.05) is 0 Å². The van der Waals surface area contributed by atoms with Crippen LogP contribution in [0.25, 0.3) is 11.1 Å². The van der Waals surface area contributed by atoms with Crippen LogP contribution in [0.5, 0.6) is 46.0 Å². The molecule has 8 aliphatic heterocycles. The van der Waals surface area contributed by atoms with Gasteiger partial charge in [0.25, 0.3) is 0 Å². The number of aliphatic hydroxyl groups excluding tert-OH is 7. The molecule has 13 rings (SSSR count). The number of hydrogen-bond acceptors (Lipinski definition) is 36. The van der Waals surface area contributed by atoms with E-state index in [0.29, 0.717) is 4.90 Å². The summed E-state index contributed by atoms with van der Waals surface area (Å²) in [6.07, 6.45) is -27.2. The predicted octanol–water partition coefficient (Wildman–Crippen LogP) is -2.12. The maximum Gasteiger partial charge on any atom is 0.413 e. The van der Waals surface area contributed by atoms with Crippen LogP contribution in [0.1, 0.15) is 145 Å². The van der Waals surface area contributed by atoms with Gasteiger partial charge in [-0.15, -0.1) is 0 Å². The van der Waals surface area contributed by atoms with E-state index in [1.165, 1.54) is 33.8 Å². The number of rotatable bonds is 25. The highest BCUT2D eigenvalue weighted by Gasteiger charge is 2.53. The van der Waals surface area contributed by atoms with Gasteiger partial charge in [-0.3, -0.25) is 52.6 Å². The summed E-state index contributed by atoms with van der Waals surface area (Å²) < 4.78 is 73.2. The molecule has 0 spiro atoms. The number of primary amides is 1. The number of nitrogens with zero attached hydrogens (tertiary/aromatic N) is 1. The van der Waals surface area contributed by atoms with Crippen LogP contribution < -0.4 is 79.7 Å². The van der Waals surface area contributed by atoms with Gasteiger partial charge in [-0.05, 0) is 130 Å². The van der Waals surface area contributed by atoms with Crippen LogP contribution in [0.15, 0.2) is 78.9 Å². The zero-order valence-corrected chi connectivity index (χ0v) is 76.1. The number of ether oxygens (including phenoxy) is 10. The zero-order chi connectivity index (χ0) is 100. The molecule has 8 aliphatic rings. The van der Waals surface area contributed by atoms with Crippen molar-refractivity contribution in [2.45, 2.75) is 238 Å². The van der Waals surface area contributed by atoms with Crippen LogP contribution in [-0.4, -0.2) is 284 Å². The quantitative estimate of drug-likeness (QED) is 0.0169. The number of nitrogens with one attached hydrogen (secondary N) is 8. The lowest BCUT2D eigenvalue weighted by Gasteiger charge is -2.47. The van der Waals surface area contributed by atoms with Gasteiger partial charge >= 0.3 is 25.6 Å². The summed E-state index contributed by atoms with van der Waals surface area (Å²) in [7, 11) is -4.12. The van der Waals surface area contributed by atoms with Crippen molar-refractivity contribution in [1.29, 1.82) is 0 Å². The van der Waals surface area contributed by atoms with Crippen molar-refractivity contribution in [2.24, 2.45) is 28.9 Å². The molecule has 136 heavy (non-hydrogen) atoms. The van der Waals surface area contributed by atoms with Gasteiger partial charge in [0.2, 0.25) is 78.0 Å². The summed E-state index contributed by atoms with van der Waals surface area (Å²) in [5.74, 6) is -24.4. The molecule has 3 saturated heterocycles. The number of carbonyl (C=O) groups is 12. The molecule has 49 nitrogen and oxygen atoms in total. The van der Waals surface area contributed by atoms with Crippen LogP contribution in [0, 0.1) is 5.92 Å². The number of aromatic hydroxyl groups is 3. The van der Waals surface area contributed by atoms with Gasteiger partial charge in [-0.2, -0.15) is 0 Å². The maximum atomic E-state index is 16.6. The fourth-order valence-electron chi connectivity index (χ4n) is 15.9. The van der Waals surface area contributed by atoms with Gasteiger partial charge in [-0.25, -0.2) is 14.4 Å². The van der Waals surface area contributed by atoms with Crippen LogP contribution in [0.4, 0.5) is 4.79 Å². The van der Waals surface area contributed by atoms with E-state index in [2.05, 4.69) is 37.2 Å². The number of likely N-dealkylation sites (N-methyl/N-ethyl adjacent to an activating group) is 1. The summed E-state index contributed by atoms with van der Waals surface area (Å²) in [5, 5.41) is 142. The second-order valence-corrected chi connectivity index (χ2v) is 36.9. The van der Waals surface area contributed by atoms with E-state index >= 15 is 28.8 Å². The Morgan fingerprint density at radius 3 is 1.82 bits per heavy atom. The largest absolute Gasteiger partial charge is 0.508 e. The molecule has 11 bridgehead atoms. The number of fused-ring (bicyclic) bond motifs is 15. The van der Waals surface area contributed by atoms with Crippen molar-refractivity contribution in [3.63, 3.8) is 0 Å². The first-order valence-corrected chi connectivity index (χ1v) is 44.6. The van der Waals surface area contributed by atoms with Gasteiger partial charge in [0.1, 0.15) is 102 Å². The molecule has 0 saturated carbocycles. The molecule has 0 radical (unpaired) electrons. The summed E-state index contributed by atoms with van der Waals surface area (Å²) in [6.45, 7) is 7.82. The Bertz CT molecular complexity index is 5450. The second kappa shape index (κ2) is 43.0. The maximum absolute atomic E-state index is 16.6. The number of benzene rings is 5. The lowest BCUT2D eigenvalue weighted by Crippen LogP contribution is -2.64. The highest BCUT2D eigenvalue weighted by atomic mass is 35.5. The standard InChI is InChI=1S/C84H106Cl2N13O36P/c1-30(2)17-45(99(8)82(122)127-29-126-79(120)31(3)91-71(111)43(87)12-16-54(105)93-81(121)136(123,124)125)73(113)97-61-63(106)35-10-14-48(41(85)19-35)130-50-21-37-22-51(67(50)135-80-68(65(108)64(107)52(28-100)132-80)134-56-27-84(7,90)70(110)33(5)129-56)131-49-15-11-36(20-42(49)86)66(133-55-26-83(6,89)69(109)32(4)128-55)62-77(117)96-60(78(118)119)40-23-38(101)24-47(103)57(40)39-18-34(9-13-46(39)102)58(74(114)98-62)95-75(115)59(37)94-72(112)44(25-53(88)104)92-76(61)116/h9-11,13-15,18-24,30-33,43-45,52,55-56,58-66,68-70,80-81,100-103,106-110,121H,12,16-17,25-29,87,89-90H2,1-8H3,(H2,88,104)(H,91,111)(H,92,116)(H,93,105)(H,94,112)(H,95,115)(H,96,117)(H,97,113)(H,98,114)(H,118,119)(H2,123,124,125)/t31?,32-,33-,43?,44-,45+,52+,55-,56-,58+,59+,60-,61+,62-,63+,64+,65-,66+,68+,69-,70-,80-,81?,83-,84-/m0/s1. The average Bonchev–Trinajstić information content (AvgIpc) is 0.758. The third kappa shape index (κ3) is 24.3. The van der Waals surface area contributed by atoms with Gasteiger partial charge < -0.3 is 179 Å². The third-order valence-corrected chi connectivity index (χ3v) is 24.6. The molecule has 29 N–H and O–H groups in total. The normalized spacial score (nSPS) is 29.0. The van der Waals surface area contributed by atoms with Crippen molar-refractivity contribution in [3.8, 4) is 57.1 Å². The summed E-state index contributed by atoms with van der Waals surface area (Å²) in [4.78, 5) is 193. The van der Waals surface area contributed by atoms with Gasteiger partial charge in [0, 0.05) is 60.1 Å². The number of halogens is 2. The number of amides is 10. The monoisotopic (exact) mass is 1970 g/mol. The lowest BCUT2D eigenvalue weighted by molar-refractivity contribution is -0.333. The number of nitrogens with two attached hydrogens (primary N) is 4. The minimum atomic E-state index is -5.15. The molecule has 25 atom stereocenters. The number of hydrogen-bond donors (Lipinski definition) is 25. The Balaban J connectivity index is 1.06. The molecule has 52 heteroatoms. The van der Waals surface area contributed by atoms with Crippen molar-refractivity contribution in [3.05, 3.63) is 117 Å². The fraction of sp³-hybridized carbons (Fsp3) is 0.500. The van der Waals surface area contributed by atoms with E-state index < -0.39 is 359 Å². The Hall–Kier alpha value is -11.5. The average molecular weight is 1980 g/mol. The molecule has 0 aliphatic carbocycles. The highest BCUT2D eigenvalue weighted by Crippen LogP contribution is 2.51. The van der Waals surface area contributed by atoms with E-state index in [4.69, 9.17) is 103 Å². The van der Waals surface area contributed by atoms with Crippen LogP contribution >= 0.6 is 30.8 Å². The summed E-state index contributed by atoms with van der Waals surface area (Å²) >= 11 is 14.6. The predicted molar refractivity (Wildman–Crippen MR) is 463 cm³/mol. The number of phenols is 3. The number of esters is 1. The van der Waals surface area contributed by atoms with E-state index in [1.54, 1.807) is 19.2 Å². The van der Waals surface area contributed by atoms with Crippen LogP contribution in [0.2, 0.25) is 10.0 Å². The third-order valence-electron chi connectivity index (χ3n) is 23.2. The second-order valence-electron chi connectivity index (χ2n) is 34.4. The number of phenolic OH excluding ortho intramolecular Hbond substituents is 3. The molecule has 742 valence electrons. The van der Waals surface area contributed by atoms with Crippen molar-refractivity contribution < 1.29 is 175 Å². The Labute approximate surface area is 782 Å². The molecule has 3 unspecified atom stereocenters. The number of carboxylic acid groups (broad SMARTS) is 1. The number of carboxylic acids is 1. The first kappa shape index (κ1) is 105. The number of aliphatic carboxylic acids is 1. The summed E-state index contributed by atoms with van der Waals surface area (Å²) in [6, 6.07) is -6.17. The SMILES string of the molecule is CC(C)C[C@H](C(=O)N[C@H]1C(=O)N[C@@H](CC(N)=O)C(=O)N[C@H]2C(=O)N[C@H]3C(=O)N[C@H](C(=O)N[C@H](C(=O)O)c4cc(O)cc(O)c4-c4cc3ccc4O)[C@H](O[C@H]3C[C@](C)(N)[C@@H](O)[C@H](C)O3)c3ccc(c(Cl)c3)Oc3cc2cc(c3O[C@@H]2O[C@H](CO)[C@@H](O)[C@H](O)[C@H]2O[C@H]2C[C@](C)(N)[C@@H](O)[C@H](C)O2)Oc2ccc(cc2Cl)[C@H]1O)N(C)C(=O)OCOC(=O)C(C)NC(=O)C(N)CCC(=O)NC(O)P(=O)(O)O. The van der Waals surface area contributed by atoms with Crippen molar-refractivity contribution in [1.82, 2.24) is 47.4 Å². The van der Waals surface area contributed by atoms with E-state index in [9.17, 15) is 89.5 Å². The van der Waals surface area contributed by atoms with Crippen molar-refractivity contribution in [2.75, 3.05) is 20.4 Å². The number of carbonyl (C=O) groups excluding carboxylic acids is 11. The van der Waals surface area contributed by atoms with Crippen molar-refractivity contribution >= 4 is 102 Å². The molecular formula is C84H106Cl2N13O36P. The smallest absolute Gasteiger partial charge is 0.413 e. The van der Waals surface area contributed by atoms with E-state index in [-0.39, 0.29) is 24.0 Å². The molecule has 10 amide bonds. The van der Waals surface area contributed by atoms with Crippen LogP contribution in [-0.2, 0) is 90.5 Å². The molecular weight excluding hydrogens is 1870 g/mol. The Kier molecular flexibility index (Phi) is 33.2. The number of aliphatic hydroxyl groups is 7. The highest BCUT2D eigenvalue weighted by molar-refractivity contribution is 7.52. The first-order valence-electron chi connectivity index (χ1n) is 42.2. The van der Waals surface area contributed by atoms with Crippen LogP contribution in [0.3, 0.4) is 0 Å². The van der Waals surface area contributed by atoms with Gasteiger partial charge in [-0.1, -0.05) is 55.2 Å². The summed E-state index contributed by atoms with van der Waals surface area (Å²) in [5.41, 5.74) is 18.5. The Morgan fingerprint density at radius 2 is 1.24 bits per heavy atom. The van der Waals surface area contributed by atoms with Gasteiger partial charge in [0.05, 0.1) is 53.5 Å². The fourth-order valence-corrected chi connectivity index (χ4v) is 16.7. The van der Waals surface area contributed by atoms with Gasteiger partial charge in [0.15, 0.2) is 36.2 Å². The topological polar surface area (TPSA) is 781 Å². The minimum Gasteiger partial charge on any atom is -0.508 e. The zero-order valence-electron chi connectivity index (χ0n) is 73.7. The molecule has 3 fully saturated rings. The molecule has 8 heterocycles. The molecule has 5 aromatic rings. The molecule has 5 aromatic carbocycles. The van der Waals surface area contributed by atoms with E-state index in [0.717, 1.165) is 86.8 Å². The minimum absolute atomic E-state index is 0.214.